The van der Waals surface area contributed by atoms with Crippen LogP contribution in [0.4, 0.5) is 5.69 Å². The molecule has 0 spiro atoms. The summed E-state index contributed by atoms with van der Waals surface area (Å²) in [7, 11) is -2.35. The monoisotopic (exact) mass is 246 g/mol. The van der Waals surface area contributed by atoms with Crippen molar-refractivity contribution in [2.24, 2.45) is 0 Å². The summed E-state index contributed by atoms with van der Waals surface area (Å²) in [6.45, 7) is 0.515. The first-order valence-electron chi connectivity index (χ1n) is 4.61. The third kappa shape index (κ3) is 4.47. The molecule has 0 heterocycles. The van der Waals surface area contributed by atoms with Gasteiger partial charge in [0, 0.05) is 25.8 Å². The lowest BCUT2D eigenvalue weighted by Gasteiger charge is -2.18. The molecule has 0 atom stereocenters. The Morgan fingerprint density at radius 3 is 2.38 bits per heavy atom. The summed E-state index contributed by atoms with van der Waals surface area (Å²) >= 11 is 0. The number of phenols is 1. The lowest BCUT2D eigenvalue weighted by Crippen LogP contribution is -2.32. The number of aromatic hydroxyl groups is 1. The first-order valence-corrected chi connectivity index (χ1v) is 6.05. The second-order valence-electron chi connectivity index (χ2n) is 3.31. The molecule has 0 radical (unpaired) electrons. The molecule has 1 aromatic rings. The van der Waals surface area contributed by atoms with Gasteiger partial charge < -0.3 is 10.0 Å². The van der Waals surface area contributed by atoms with Gasteiger partial charge in [-0.2, -0.15) is 13.1 Å². The minimum Gasteiger partial charge on any atom is -0.508 e. The maximum absolute atomic E-state index is 10.4. The van der Waals surface area contributed by atoms with Crippen LogP contribution < -0.4 is 9.62 Å². The van der Waals surface area contributed by atoms with Crippen molar-refractivity contribution in [3.8, 4) is 5.75 Å². The topological polar surface area (TPSA) is 89.9 Å². The first-order chi connectivity index (χ1) is 7.38. The SMILES string of the molecule is CN(CCNS(=O)(=O)O)c1ccc(O)cc1. The summed E-state index contributed by atoms with van der Waals surface area (Å²) in [6, 6.07) is 6.51. The summed E-state index contributed by atoms with van der Waals surface area (Å²) in [5.41, 5.74) is 0.843. The van der Waals surface area contributed by atoms with Gasteiger partial charge in [0.1, 0.15) is 5.75 Å². The van der Waals surface area contributed by atoms with Crippen LogP contribution in [0.2, 0.25) is 0 Å². The van der Waals surface area contributed by atoms with Gasteiger partial charge >= 0.3 is 10.3 Å². The first kappa shape index (κ1) is 12.8. The highest BCUT2D eigenvalue weighted by Gasteiger charge is 2.04. The van der Waals surface area contributed by atoms with Gasteiger partial charge in [-0.1, -0.05) is 0 Å². The zero-order chi connectivity index (χ0) is 12.2. The van der Waals surface area contributed by atoms with Gasteiger partial charge in [-0.05, 0) is 24.3 Å². The lowest BCUT2D eigenvalue weighted by atomic mass is 10.3. The van der Waals surface area contributed by atoms with E-state index in [1.807, 2.05) is 4.72 Å². The Hall–Kier alpha value is -1.31. The Morgan fingerprint density at radius 2 is 1.88 bits per heavy atom. The maximum atomic E-state index is 10.4. The third-order valence-corrected chi connectivity index (χ3v) is 2.59. The second-order valence-corrected chi connectivity index (χ2v) is 4.55. The van der Waals surface area contributed by atoms with Gasteiger partial charge in [0.05, 0.1) is 0 Å². The average Bonchev–Trinajstić information content (AvgIpc) is 2.16. The summed E-state index contributed by atoms with van der Waals surface area (Å²) in [5, 5.41) is 9.08. The molecule has 16 heavy (non-hydrogen) atoms. The van der Waals surface area contributed by atoms with Crippen LogP contribution in [0.25, 0.3) is 0 Å². The average molecular weight is 246 g/mol. The van der Waals surface area contributed by atoms with Crippen LogP contribution in [0, 0.1) is 0 Å². The number of rotatable bonds is 5. The molecule has 1 aromatic carbocycles. The van der Waals surface area contributed by atoms with Crippen LogP contribution in [0.5, 0.6) is 5.75 Å². The van der Waals surface area contributed by atoms with Crippen molar-refractivity contribution >= 4 is 16.0 Å². The van der Waals surface area contributed by atoms with Crippen LogP contribution >= 0.6 is 0 Å². The fourth-order valence-corrected chi connectivity index (χ4v) is 1.53. The van der Waals surface area contributed by atoms with E-state index in [1.165, 1.54) is 0 Å². The van der Waals surface area contributed by atoms with Gasteiger partial charge in [-0.25, -0.2) is 0 Å². The summed E-state index contributed by atoms with van der Waals surface area (Å²) in [5.74, 6) is 0.174. The van der Waals surface area contributed by atoms with Crippen LogP contribution in [0.15, 0.2) is 24.3 Å². The standard InChI is InChI=1S/C9H14N2O4S/c1-11(7-6-10-16(13,14)15)8-2-4-9(12)5-3-8/h2-5,10,12H,6-7H2,1H3,(H,13,14,15). The smallest absolute Gasteiger partial charge is 0.333 e. The zero-order valence-electron chi connectivity index (χ0n) is 8.79. The van der Waals surface area contributed by atoms with E-state index in [2.05, 4.69) is 0 Å². The molecule has 0 aliphatic carbocycles. The number of phenolic OH excluding ortho intramolecular Hbond substituents is 1. The molecule has 0 unspecified atom stereocenters. The highest BCUT2D eigenvalue weighted by molar-refractivity contribution is 7.83. The fraction of sp³-hybridized carbons (Fsp3) is 0.333. The Kier molecular flexibility index (Phi) is 4.11. The van der Waals surface area contributed by atoms with Crippen LogP contribution in [0.1, 0.15) is 0 Å². The number of hydrogen-bond acceptors (Lipinski definition) is 4. The minimum atomic E-state index is -4.13. The molecule has 90 valence electrons. The van der Waals surface area contributed by atoms with Gasteiger partial charge in [0.15, 0.2) is 0 Å². The van der Waals surface area contributed by atoms with E-state index in [0.29, 0.717) is 6.54 Å². The quantitative estimate of drug-likeness (QED) is 0.647. The minimum absolute atomic E-state index is 0.107. The number of anilines is 1. The van der Waals surface area contributed by atoms with Gasteiger partial charge in [0.2, 0.25) is 0 Å². The van der Waals surface area contributed by atoms with Crippen molar-refractivity contribution in [3.63, 3.8) is 0 Å². The molecule has 0 fully saturated rings. The zero-order valence-corrected chi connectivity index (χ0v) is 9.61. The number of nitrogens with one attached hydrogen (secondary N) is 1. The maximum Gasteiger partial charge on any atom is 0.333 e. The largest absolute Gasteiger partial charge is 0.508 e. The highest BCUT2D eigenvalue weighted by Crippen LogP contribution is 2.16. The Balaban J connectivity index is 2.47. The molecule has 0 amide bonds. The molecule has 0 aliphatic rings. The van der Waals surface area contributed by atoms with Gasteiger partial charge in [0.25, 0.3) is 0 Å². The third-order valence-electron chi connectivity index (χ3n) is 2.02. The number of hydrogen-bond donors (Lipinski definition) is 3. The van der Waals surface area contributed by atoms with Crippen molar-refractivity contribution in [2.75, 3.05) is 25.0 Å². The molecular weight excluding hydrogens is 232 g/mol. The molecule has 6 nitrogen and oxygen atoms in total. The molecule has 3 N–H and O–H groups in total. The highest BCUT2D eigenvalue weighted by atomic mass is 32.2. The molecule has 0 aliphatic heterocycles. The van der Waals surface area contributed by atoms with E-state index in [4.69, 9.17) is 9.66 Å². The molecule has 0 bridgehead atoms. The Labute approximate surface area is 94.4 Å². The van der Waals surface area contributed by atoms with Crippen molar-refractivity contribution in [3.05, 3.63) is 24.3 Å². The number of benzene rings is 1. The number of nitrogens with zero attached hydrogens (tertiary/aromatic N) is 1. The Bertz CT molecular complexity index is 429. The van der Waals surface area contributed by atoms with Crippen LogP contribution in [-0.2, 0) is 10.3 Å². The van der Waals surface area contributed by atoms with E-state index in [0.717, 1.165) is 5.69 Å². The van der Waals surface area contributed by atoms with Crippen molar-refractivity contribution in [2.45, 2.75) is 0 Å². The fourth-order valence-electron chi connectivity index (χ4n) is 1.18. The van der Waals surface area contributed by atoms with Crippen molar-refractivity contribution < 1.29 is 18.1 Å². The molecule has 0 aromatic heterocycles. The van der Waals surface area contributed by atoms with E-state index in [9.17, 15) is 8.42 Å². The Morgan fingerprint density at radius 1 is 1.31 bits per heavy atom. The van der Waals surface area contributed by atoms with E-state index >= 15 is 0 Å². The molecule has 1 rings (SSSR count). The summed E-state index contributed by atoms with van der Waals surface area (Å²) < 4.78 is 31.2. The van der Waals surface area contributed by atoms with Gasteiger partial charge in [-0.15, -0.1) is 0 Å². The van der Waals surface area contributed by atoms with Crippen molar-refractivity contribution in [1.82, 2.24) is 4.72 Å². The van der Waals surface area contributed by atoms with E-state index in [-0.39, 0.29) is 12.3 Å². The van der Waals surface area contributed by atoms with Gasteiger partial charge in [-0.3, -0.25) is 4.55 Å². The van der Waals surface area contributed by atoms with Crippen LogP contribution in [0.3, 0.4) is 0 Å². The molecule has 7 heteroatoms. The normalized spacial score (nSPS) is 11.4. The van der Waals surface area contributed by atoms with E-state index < -0.39 is 10.3 Å². The molecule has 0 saturated carbocycles. The second kappa shape index (κ2) is 5.15. The predicted molar refractivity (Wildman–Crippen MR) is 60.9 cm³/mol. The number of likely N-dealkylation sites (N-methyl/N-ethyl adjacent to an activating group) is 1. The lowest BCUT2D eigenvalue weighted by molar-refractivity contribution is 0.468. The molecular formula is C9H14N2O4S. The summed E-state index contributed by atoms with van der Waals surface area (Å²) in [6.07, 6.45) is 0. The summed E-state index contributed by atoms with van der Waals surface area (Å²) in [4.78, 5) is 1.79. The van der Waals surface area contributed by atoms with E-state index in [1.54, 1.807) is 36.2 Å². The molecule has 0 saturated heterocycles. The van der Waals surface area contributed by atoms with Crippen molar-refractivity contribution in [1.29, 1.82) is 0 Å². The van der Waals surface area contributed by atoms with Crippen LogP contribution in [-0.4, -0.2) is 38.2 Å². The predicted octanol–water partition coefficient (Wildman–Crippen LogP) is 0.221.